The summed E-state index contributed by atoms with van der Waals surface area (Å²) in [5.41, 5.74) is 1.00. The number of nitrogens with one attached hydrogen (secondary N) is 1. The molecule has 1 aliphatic carbocycles. The molecule has 0 aromatic heterocycles. The molecule has 1 aromatic rings. The third-order valence-electron chi connectivity index (χ3n) is 7.47. The summed E-state index contributed by atoms with van der Waals surface area (Å²) in [4.78, 5) is 23.8. The van der Waals surface area contributed by atoms with E-state index in [1.807, 2.05) is 48.6 Å². The molecule has 0 spiro atoms. The summed E-state index contributed by atoms with van der Waals surface area (Å²) in [5.74, 6) is -1.96. The first kappa shape index (κ1) is 40.6. The van der Waals surface area contributed by atoms with Crippen LogP contribution in [-0.2, 0) is 57.7 Å². The molecule has 1 amide bonds. The molecular formula is C29H39NO17S2-2. The molecule has 2 aliphatic rings. The quantitative estimate of drug-likeness (QED) is 0.0536. The van der Waals surface area contributed by atoms with Crippen LogP contribution in [0, 0.1) is 17.8 Å². The van der Waals surface area contributed by atoms with Crippen LogP contribution >= 0.6 is 0 Å². The Morgan fingerprint density at radius 2 is 1.67 bits per heavy atom. The molecule has 4 N–H and O–H groups in total. The maximum absolute atomic E-state index is 13.3. The Morgan fingerprint density at radius 1 is 0.959 bits per heavy atom. The van der Waals surface area contributed by atoms with Gasteiger partial charge in [-0.25, -0.2) is 21.6 Å². The number of carbonyl (C=O) groups excluding carboxylic acids is 1. The van der Waals surface area contributed by atoms with Gasteiger partial charge in [-0.2, -0.15) is 0 Å². The maximum atomic E-state index is 13.3. The van der Waals surface area contributed by atoms with Crippen LogP contribution in [0.2, 0.25) is 0 Å². The predicted molar refractivity (Wildman–Crippen MR) is 163 cm³/mol. The number of rotatable bonds is 20. The lowest BCUT2D eigenvalue weighted by atomic mass is 9.95. The molecule has 8 unspecified atom stereocenters. The largest absolute Gasteiger partial charge is 0.726 e. The molecule has 1 aliphatic heterocycles. The van der Waals surface area contributed by atoms with Gasteiger partial charge in [0.05, 0.1) is 33.0 Å². The van der Waals surface area contributed by atoms with Gasteiger partial charge in [-0.15, -0.1) is 0 Å². The highest BCUT2D eigenvalue weighted by Gasteiger charge is 2.47. The van der Waals surface area contributed by atoms with Crippen molar-refractivity contribution in [1.82, 2.24) is 5.32 Å². The van der Waals surface area contributed by atoms with Crippen molar-refractivity contribution >= 4 is 38.8 Å². The highest BCUT2D eigenvalue weighted by atomic mass is 32.3. The lowest BCUT2D eigenvalue weighted by Crippen LogP contribution is -2.61. The Kier molecular flexibility index (Phi) is 16.2. The standard InChI is InChI=1S/C29H41NO17S2/c31-24(32)18-43-14-13-42-11-4-7-21-15-20(9-8-19-5-2-1-3-6-19)16-22(21)28(35)30-10-12-44-29-26(34)27(47-49(39,40)41)25(33)23(46-29)17-45-48(36,37)38/h1-9,20-23,25-27,29,33-34H,10-18H2,(H,30,35)(H,31,32)(H,36,37,38)(H,39,40,41)/p-2/b7-4+,9-8+. The lowest BCUT2D eigenvalue weighted by Gasteiger charge is -2.42. The predicted octanol–water partition coefficient (Wildman–Crippen LogP) is -1.08. The molecule has 1 saturated carbocycles. The molecule has 0 bridgehead atoms. The van der Waals surface area contributed by atoms with Gasteiger partial charge in [-0.3, -0.25) is 13.2 Å². The number of amides is 1. The zero-order valence-electron chi connectivity index (χ0n) is 26.1. The molecule has 1 heterocycles. The molecule has 1 aromatic carbocycles. The molecule has 1 saturated heterocycles. The van der Waals surface area contributed by atoms with Crippen LogP contribution in [0.1, 0.15) is 18.4 Å². The SMILES string of the molecule is O=C(O)COCCOC/C=C/C1CC(/C=C/c2ccccc2)CC1C(=O)NCCOC1OC(COS(=O)(=O)[O-])C(O)C(OS(=O)(=O)[O-])C1O. The Bertz CT molecular complexity index is 1470. The molecule has 2 fully saturated rings. The van der Waals surface area contributed by atoms with E-state index in [2.05, 4.69) is 13.7 Å². The first-order valence-corrected chi connectivity index (χ1v) is 17.7. The van der Waals surface area contributed by atoms with E-state index in [0.717, 1.165) is 5.56 Å². The van der Waals surface area contributed by atoms with Crippen LogP contribution in [0.5, 0.6) is 0 Å². The van der Waals surface area contributed by atoms with Crippen molar-refractivity contribution in [2.45, 2.75) is 43.5 Å². The number of carboxylic acids is 1. The summed E-state index contributed by atoms with van der Waals surface area (Å²) in [7, 11) is -10.7. The van der Waals surface area contributed by atoms with Crippen LogP contribution in [0.3, 0.4) is 0 Å². The van der Waals surface area contributed by atoms with Crippen molar-refractivity contribution in [3.05, 3.63) is 54.1 Å². The fourth-order valence-corrected chi connectivity index (χ4v) is 6.11. The van der Waals surface area contributed by atoms with E-state index in [0.29, 0.717) is 12.8 Å². The molecule has 18 nitrogen and oxygen atoms in total. The second-order valence-electron chi connectivity index (χ2n) is 11.1. The van der Waals surface area contributed by atoms with Crippen molar-refractivity contribution in [2.24, 2.45) is 17.8 Å². The summed E-state index contributed by atoms with van der Waals surface area (Å²) in [5, 5.41) is 32.1. The molecule has 276 valence electrons. The van der Waals surface area contributed by atoms with Gasteiger partial charge < -0.3 is 48.7 Å². The lowest BCUT2D eigenvalue weighted by molar-refractivity contribution is -0.295. The zero-order valence-corrected chi connectivity index (χ0v) is 27.7. The number of hydrogen-bond acceptors (Lipinski definition) is 16. The Hall–Kier alpha value is -2.86. The van der Waals surface area contributed by atoms with E-state index < -0.39 is 76.6 Å². The Labute approximate surface area is 283 Å². The van der Waals surface area contributed by atoms with E-state index >= 15 is 0 Å². The zero-order chi connectivity index (χ0) is 36.0. The van der Waals surface area contributed by atoms with Crippen LogP contribution in [0.15, 0.2) is 48.6 Å². The number of aliphatic carboxylic acids is 1. The van der Waals surface area contributed by atoms with E-state index in [1.54, 1.807) is 6.08 Å². The minimum Gasteiger partial charge on any atom is -0.726 e. The average molecular weight is 738 g/mol. The average Bonchev–Trinajstić information content (AvgIpc) is 3.44. The van der Waals surface area contributed by atoms with Crippen LogP contribution in [0.25, 0.3) is 6.08 Å². The van der Waals surface area contributed by atoms with Crippen molar-refractivity contribution in [1.29, 1.82) is 0 Å². The smallest absolute Gasteiger partial charge is 0.329 e. The first-order chi connectivity index (χ1) is 23.1. The summed E-state index contributed by atoms with van der Waals surface area (Å²) in [6.45, 7) is -1.52. The summed E-state index contributed by atoms with van der Waals surface area (Å²) >= 11 is 0. The normalized spacial score (nSPS) is 27.9. The topological polar surface area (TPSA) is 277 Å². The van der Waals surface area contributed by atoms with Gasteiger partial charge in [-0.1, -0.05) is 54.6 Å². The van der Waals surface area contributed by atoms with Gasteiger partial charge in [0.25, 0.3) is 0 Å². The van der Waals surface area contributed by atoms with Crippen molar-refractivity contribution < 1.29 is 78.2 Å². The van der Waals surface area contributed by atoms with Gasteiger partial charge >= 0.3 is 5.97 Å². The minimum absolute atomic E-state index is 0.0655. The highest BCUT2D eigenvalue weighted by Crippen LogP contribution is 2.38. The number of hydrogen-bond donors (Lipinski definition) is 4. The number of benzene rings is 1. The first-order valence-electron chi connectivity index (χ1n) is 15.1. The highest BCUT2D eigenvalue weighted by molar-refractivity contribution is 7.81. The van der Waals surface area contributed by atoms with E-state index in [9.17, 15) is 45.7 Å². The number of aliphatic hydroxyl groups excluding tert-OH is 2. The van der Waals surface area contributed by atoms with E-state index in [-0.39, 0.29) is 50.7 Å². The molecule has 20 heteroatoms. The second kappa shape index (κ2) is 19.5. The molecule has 8 atom stereocenters. The van der Waals surface area contributed by atoms with Gasteiger partial charge in [0.1, 0.15) is 31.0 Å². The third-order valence-corrected chi connectivity index (χ3v) is 8.35. The second-order valence-corrected chi connectivity index (χ2v) is 13.1. The molecular weight excluding hydrogens is 698 g/mol. The number of ether oxygens (including phenoxy) is 4. The van der Waals surface area contributed by atoms with Crippen LogP contribution < -0.4 is 5.32 Å². The molecule has 49 heavy (non-hydrogen) atoms. The summed E-state index contributed by atoms with van der Waals surface area (Å²) < 4.78 is 95.3. The van der Waals surface area contributed by atoms with Crippen LogP contribution in [0.4, 0.5) is 0 Å². The maximum Gasteiger partial charge on any atom is 0.329 e. The van der Waals surface area contributed by atoms with Crippen molar-refractivity contribution in [3.8, 4) is 0 Å². The van der Waals surface area contributed by atoms with Crippen LogP contribution in [-0.4, -0.2) is 130 Å². The van der Waals surface area contributed by atoms with E-state index in [4.69, 9.17) is 24.1 Å². The number of aliphatic hydroxyl groups is 2. The summed E-state index contributed by atoms with van der Waals surface area (Å²) in [6.07, 6.45) is -1.07. The van der Waals surface area contributed by atoms with Gasteiger partial charge in [-0.05, 0) is 30.2 Å². The number of carboxylic acid groups (broad SMARTS) is 1. The number of allylic oxidation sites excluding steroid dienone is 2. The van der Waals surface area contributed by atoms with Gasteiger partial charge in [0.2, 0.25) is 26.7 Å². The van der Waals surface area contributed by atoms with Gasteiger partial charge in [0, 0.05) is 12.5 Å². The fraction of sp³-hybridized carbons (Fsp3) is 0.586. The Morgan fingerprint density at radius 3 is 2.35 bits per heavy atom. The third kappa shape index (κ3) is 14.9. The summed E-state index contributed by atoms with van der Waals surface area (Å²) in [6, 6.07) is 9.63. The van der Waals surface area contributed by atoms with E-state index in [1.165, 1.54) is 0 Å². The Balaban J connectivity index is 1.58. The van der Waals surface area contributed by atoms with Gasteiger partial charge in [0.15, 0.2) is 6.29 Å². The van der Waals surface area contributed by atoms with Crippen molar-refractivity contribution in [3.63, 3.8) is 0 Å². The number of carbonyl (C=O) groups is 2. The molecule has 3 rings (SSSR count). The van der Waals surface area contributed by atoms with Crippen molar-refractivity contribution in [2.75, 3.05) is 46.2 Å². The fourth-order valence-electron chi connectivity index (χ4n) is 5.31. The molecule has 0 radical (unpaired) electrons. The minimum atomic E-state index is -5.47. The monoisotopic (exact) mass is 737 g/mol.